The lowest BCUT2D eigenvalue weighted by molar-refractivity contribution is 0.0775. The van der Waals surface area contributed by atoms with Crippen molar-refractivity contribution >= 4 is 41.7 Å². The number of hydrogen-bond acceptors (Lipinski definition) is 5. The molecule has 2 heterocycles. The van der Waals surface area contributed by atoms with Crippen LogP contribution in [0, 0.1) is 0 Å². The molecule has 2 N–H and O–H groups in total. The number of halogens is 1. The number of thioether (sulfide) groups is 1. The summed E-state index contributed by atoms with van der Waals surface area (Å²) in [6, 6.07) is 4.14. The van der Waals surface area contributed by atoms with E-state index < -0.39 is 5.60 Å². The number of nitrogens with one attached hydrogen (secondary N) is 1. The SMILES string of the molecule is CCNC(=NCC1(O)CCSC1)N1CCc2cc(OC)c(OC)cc2C1.I. The Morgan fingerprint density at radius 1 is 1.30 bits per heavy atom. The Balaban J connectivity index is 0.00000261. The van der Waals surface area contributed by atoms with Crippen molar-refractivity contribution in [3.63, 3.8) is 0 Å². The molecule has 1 saturated heterocycles. The Kier molecular flexibility index (Phi) is 8.36. The number of benzene rings is 1. The molecule has 1 aromatic carbocycles. The van der Waals surface area contributed by atoms with Gasteiger partial charge < -0.3 is 24.8 Å². The van der Waals surface area contributed by atoms with Gasteiger partial charge in [-0.3, -0.25) is 4.99 Å². The first kappa shape index (κ1) is 22.4. The van der Waals surface area contributed by atoms with Crippen LogP contribution in [0.4, 0.5) is 0 Å². The van der Waals surface area contributed by atoms with Crippen molar-refractivity contribution in [1.29, 1.82) is 0 Å². The van der Waals surface area contributed by atoms with E-state index in [9.17, 15) is 5.11 Å². The van der Waals surface area contributed by atoms with Crippen LogP contribution in [0.25, 0.3) is 0 Å². The molecule has 0 spiro atoms. The van der Waals surface area contributed by atoms with E-state index in [0.717, 1.165) is 61.4 Å². The molecule has 8 heteroatoms. The number of ether oxygens (including phenoxy) is 2. The molecule has 0 aliphatic carbocycles. The van der Waals surface area contributed by atoms with E-state index in [1.165, 1.54) is 11.1 Å². The Bertz CT molecular complexity index is 666. The lowest BCUT2D eigenvalue weighted by atomic mass is 9.99. The summed E-state index contributed by atoms with van der Waals surface area (Å²) in [5.41, 5.74) is 1.87. The third-order valence-electron chi connectivity index (χ3n) is 4.96. The first-order valence-electron chi connectivity index (χ1n) is 9.15. The summed E-state index contributed by atoms with van der Waals surface area (Å²) in [6.07, 6.45) is 1.75. The normalized spacial score (nSPS) is 22.1. The van der Waals surface area contributed by atoms with Crippen molar-refractivity contribution in [2.45, 2.75) is 31.9 Å². The summed E-state index contributed by atoms with van der Waals surface area (Å²) in [4.78, 5) is 7.01. The topological polar surface area (TPSA) is 66.3 Å². The van der Waals surface area contributed by atoms with Crippen LogP contribution in [0.3, 0.4) is 0 Å². The zero-order valence-electron chi connectivity index (χ0n) is 16.3. The van der Waals surface area contributed by atoms with Gasteiger partial charge in [0.2, 0.25) is 0 Å². The highest BCUT2D eigenvalue weighted by Gasteiger charge is 2.32. The predicted octanol–water partition coefficient (Wildman–Crippen LogP) is 2.51. The molecule has 3 rings (SSSR count). The van der Waals surface area contributed by atoms with Gasteiger partial charge in [0, 0.05) is 25.4 Å². The summed E-state index contributed by atoms with van der Waals surface area (Å²) in [5.74, 6) is 4.20. The molecule has 0 aromatic heterocycles. The molecule has 1 fully saturated rings. The molecule has 2 aliphatic heterocycles. The average Bonchev–Trinajstić information content (AvgIpc) is 3.10. The van der Waals surface area contributed by atoms with E-state index in [2.05, 4.69) is 29.3 Å². The molecule has 1 atom stereocenters. The number of nitrogens with zero attached hydrogens (tertiary/aromatic N) is 2. The van der Waals surface area contributed by atoms with Crippen LogP contribution < -0.4 is 14.8 Å². The van der Waals surface area contributed by atoms with Crippen LogP contribution >= 0.6 is 35.7 Å². The van der Waals surface area contributed by atoms with Crippen molar-refractivity contribution in [3.8, 4) is 11.5 Å². The van der Waals surface area contributed by atoms with E-state index in [4.69, 9.17) is 14.5 Å². The zero-order chi connectivity index (χ0) is 18.6. The molecule has 1 aromatic rings. The average molecular weight is 507 g/mol. The third-order valence-corrected chi connectivity index (χ3v) is 6.19. The lowest BCUT2D eigenvalue weighted by Crippen LogP contribution is -2.45. The Hall–Kier alpha value is -0.870. The highest BCUT2D eigenvalue weighted by molar-refractivity contribution is 14.0. The molecule has 0 amide bonds. The van der Waals surface area contributed by atoms with Crippen LogP contribution in [-0.2, 0) is 13.0 Å². The number of aliphatic hydroxyl groups is 1. The first-order valence-corrected chi connectivity index (χ1v) is 10.3. The van der Waals surface area contributed by atoms with E-state index in [0.29, 0.717) is 6.54 Å². The molecule has 6 nitrogen and oxygen atoms in total. The van der Waals surface area contributed by atoms with Crippen LogP contribution in [0.5, 0.6) is 11.5 Å². The molecule has 27 heavy (non-hydrogen) atoms. The van der Waals surface area contributed by atoms with E-state index >= 15 is 0 Å². The van der Waals surface area contributed by atoms with Crippen molar-refractivity contribution in [2.24, 2.45) is 4.99 Å². The highest BCUT2D eigenvalue weighted by Crippen LogP contribution is 2.33. The summed E-state index contributed by atoms with van der Waals surface area (Å²) < 4.78 is 10.9. The fourth-order valence-electron chi connectivity index (χ4n) is 3.43. The van der Waals surface area contributed by atoms with Gasteiger partial charge in [0.1, 0.15) is 0 Å². The summed E-state index contributed by atoms with van der Waals surface area (Å²) >= 11 is 1.80. The van der Waals surface area contributed by atoms with Crippen LogP contribution in [0.15, 0.2) is 17.1 Å². The molecular weight excluding hydrogens is 477 g/mol. The Morgan fingerprint density at radius 3 is 2.59 bits per heavy atom. The maximum Gasteiger partial charge on any atom is 0.194 e. The van der Waals surface area contributed by atoms with Crippen LogP contribution in [-0.4, -0.2) is 66.9 Å². The molecule has 152 valence electrons. The fraction of sp³-hybridized carbons (Fsp3) is 0.632. The van der Waals surface area contributed by atoms with Gasteiger partial charge in [-0.05, 0) is 48.8 Å². The smallest absolute Gasteiger partial charge is 0.194 e. The molecule has 0 bridgehead atoms. The van der Waals surface area contributed by atoms with Gasteiger partial charge in [-0.15, -0.1) is 24.0 Å². The van der Waals surface area contributed by atoms with Gasteiger partial charge in [0.25, 0.3) is 0 Å². The van der Waals surface area contributed by atoms with Crippen LogP contribution in [0.2, 0.25) is 0 Å². The van der Waals surface area contributed by atoms with Crippen molar-refractivity contribution in [3.05, 3.63) is 23.3 Å². The molecule has 0 saturated carbocycles. The van der Waals surface area contributed by atoms with Gasteiger partial charge >= 0.3 is 0 Å². The second-order valence-electron chi connectivity index (χ2n) is 6.84. The standard InChI is InChI=1S/C19H29N3O3S.HI/c1-4-20-18(21-12-19(23)6-8-26-13-19)22-7-5-14-9-16(24-2)17(25-3)10-15(14)11-22;/h9-10,23H,4-8,11-13H2,1-3H3,(H,20,21);1H. The third kappa shape index (κ3) is 5.35. The molecule has 2 aliphatic rings. The number of rotatable bonds is 5. The van der Waals surface area contributed by atoms with E-state index in [1.807, 2.05) is 0 Å². The number of aliphatic imine (C=N–C) groups is 1. The lowest BCUT2D eigenvalue weighted by Gasteiger charge is -2.33. The monoisotopic (exact) mass is 507 g/mol. The minimum Gasteiger partial charge on any atom is -0.493 e. The number of hydrogen-bond donors (Lipinski definition) is 2. The number of methoxy groups -OCH3 is 2. The van der Waals surface area contributed by atoms with Gasteiger partial charge in [0.15, 0.2) is 17.5 Å². The van der Waals surface area contributed by atoms with Crippen LogP contribution in [0.1, 0.15) is 24.5 Å². The van der Waals surface area contributed by atoms with Crippen molar-refractivity contribution in [2.75, 3.05) is 45.4 Å². The summed E-state index contributed by atoms with van der Waals surface area (Å²) in [7, 11) is 3.33. The minimum atomic E-state index is -0.657. The number of guanidine groups is 1. The van der Waals surface area contributed by atoms with E-state index in [1.54, 1.807) is 26.0 Å². The maximum absolute atomic E-state index is 10.6. The highest BCUT2D eigenvalue weighted by atomic mass is 127. The summed E-state index contributed by atoms with van der Waals surface area (Å²) in [5, 5.41) is 14.0. The van der Waals surface area contributed by atoms with Gasteiger partial charge in [0.05, 0.1) is 26.4 Å². The second kappa shape index (κ2) is 10.1. The van der Waals surface area contributed by atoms with E-state index in [-0.39, 0.29) is 24.0 Å². The van der Waals surface area contributed by atoms with Gasteiger partial charge in [-0.25, -0.2) is 0 Å². The second-order valence-corrected chi connectivity index (χ2v) is 7.95. The maximum atomic E-state index is 10.6. The first-order chi connectivity index (χ1) is 12.6. The van der Waals surface area contributed by atoms with Gasteiger partial charge in [-0.2, -0.15) is 11.8 Å². The fourth-order valence-corrected chi connectivity index (χ4v) is 4.72. The molecule has 0 radical (unpaired) electrons. The molecular formula is C19H30IN3O3S. The summed E-state index contributed by atoms with van der Waals surface area (Å²) in [6.45, 7) is 5.00. The van der Waals surface area contributed by atoms with Gasteiger partial charge in [-0.1, -0.05) is 0 Å². The largest absolute Gasteiger partial charge is 0.493 e. The zero-order valence-corrected chi connectivity index (χ0v) is 19.4. The minimum absolute atomic E-state index is 0. The number of fused-ring (bicyclic) bond motifs is 1. The molecule has 1 unspecified atom stereocenters. The van der Waals surface area contributed by atoms with Crippen molar-refractivity contribution in [1.82, 2.24) is 10.2 Å². The predicted molar refractivity (Wildman–Crippen MR) is 122 cm³/mol. The van der Waals surface area contributed by atoms with Crippen molar-refractivity contribution < 1.29 is 14.6 Å². The Labute approximate surface area is 183 Å². The Morgan fingerprint density at radius 2 is 2.00 bits per heavy atom. The quantitative estimate of drug-likeness (QED) is 0.363.